The first kappa shape index (κ1) is 19.1. The lowest BCUT2D eigenvalue weighted by Gasteiger charge is -2.19. The Morgan fingerprint density at radius 2 is 1.72 bits per heavy atom. The monoisotopic (exact) mass is 383 g/mol. The van der Waals surface area contributed by atoms with Crippen LogP contribution in [0.1, 0.15) is 22.4 Å². The van der Waals surface area contributed by atoms with Crippen molar-refractivity contribution in [1.29, 1.82) is 0 Å². The van der Waals surface area contributed by atoms with Crippen LogP contribution in [0.3, 0.4) is 0 Å². The van der Waals surface area contributed by atoms with Crippen molar-refractivity contribution in [3.63, 3.8) is 0 Å². The normalized spacial score (nSPS) is 11.3. The molecule has 0 amide bonds. The van der Waals surface area contributed by atoms with E-state index in [0.717, 1.165) is 34.3 Å². The van der Waals surface area contributed by atoms with Gasteiger partial charge in [-0.05, 0) is 54.8 Å². The van der Waals surface area contributed by atoms with Crippen molar-refractivity contribution in [3.05, 3.63) is 112 Å². The van der Waals surface area contributed by atoms with Gasteiger partial charge in [0.1, 0.15) is 0 Å². The van der Waals surface area contributed by atoms with Crippen molar-refractivity contribution in [3.8, 4) is 0 Å². The number of fused-ring (bicyclic) bond motifs is 1. The standard InChI is InChI=1S/C25H25N3O/c1-19-11-12-21-15-22(17-27(2)16-20-8-4-3-5-9-20)25(29)28(24(21)14-19)18-23-10-6-7-13-26-23/h3-15H,16-18H2,1-2H3. The average molecular weight is 383 g/mol. The molecule has 146 valence electrons. The van der Waals surface area contributed by atoms with Gasteiger partial charge in [-0.25, -0.2) is 0 Å². The van der Waals surface area contributed by atoms with Gasteiger partial charge in [-0.2, -0.15) is 0 Å². The minimum absolute atomic E-state index is 0.0497. The van der Waals surface area contributed by atoms with Gasteiger partial charge >= 0.3 is 0 Å². The summed E-state index contributed by atoms with van der Waals surface area (Å²) in [6.45, 7) is 3.92. The summed E-state index contributed by atoms with van der Waals surface area (Å²) >= 11 is 0. The van der Waals surface area contributed by atoms with Crippen LogP contribution in [0, 0.1) is 6.92 Å². The Morgan fingerprint density at radius 3 is 2.48 bits per heavy atom. The molecule has 0 N–H and O–H groups in total. The summed E-state index contributed by atoms with van der Waals surface area (Å²) in [6.07, 6.45) is 1.77. The predicted octanol–water partition coefficient (Wildman–Crippen LogP) is 4.39. The largest absolute Gasteiger partial charge is 0.302 e. The molecule has 29 heavy (non-hydrogen) atoms. The average Bonchev–Trinajstić information content (AvgIpc) is 2.73. The Kier molecular flexibility index (Phi) is 5.54. The highest BCUT2D eigenvalue weighted by molar-refractivity contribution is 5.80. The fraction of sp³-hybridized carbons (Fsp3) is 0.200. The maximum absolute atomic E-state index is 13.4. The first-order valence-corrected chi connectivity index (χ1v) is 9.85. The number of hydrogen-bond donors (Lipinski definition) is 0. The summed E-state index contributed by atoms with van der Waals surface area (Å²) in [5.74, 6) is 0. The van der Waals surface area contributed by atoms with E-state index in [-0.39, 0.29) is 5.56 Å². The van der Waals surface area contributed by atoms with Gasteiger partial charge in [-0.1, -0.05) is 48.5 Å². The highest BCUT2D eigenvalue weighted by atomic mass is 16.1. The third-order valence-corrected chi connectivity index (χ3v) is 5.11. The highest BCUT2D eigenvalue weighted by Gasteiger charge is 2.13. The second kappa shape index (κ2) is 8.41. The van der Waals surface area contributed by atoms with Crippen LogP contribution in [-0.4, -0.2) is 21.5 Å². The molecule has 0 radical (unpaired) electrons. The number of nitrogens with zero attached hydrogens (tertiary/aromatic N) is 3. The molecule has 0 saturated heterocycles. The van der Waals surface area contributed by atoms with Crippen molar-refractivity contribution in [2.24, 2.45) is 0 Å². The highest BCUT2D eigenvalue weighted by Crippen LogP contribution is 2.18. The van der Waals surface area contributed by atoms with Crippen molar-refractivity contribution in [2.75, 3.05) is 7.05 Å². The van der Waals surface area contributed by atoms with Crippen LogP contribution < -0.4 is 5.56 Å². The van der Waals surface area contributed by atoms with Crippen molar-refractivity contribution in [2.45, 2.75) is 26.6 Å². The Hall–Kier alpha value is -3.24. The first-order chi connectivity index (χ1) is 14.1. The van der Waals surface area contributed by atoms with Crippen LogP contribution in [-0.2, 0) is 19.6 Å². The molecule has 0 saturated carbocycles. The van der Waals surface area contributed by atoms with Gasteiger partial charge in [0.25, 0.3) is 5.56 Å². The second-order valence-electron chi connectivity index (χ2n) is 7.60. The minimum Gasteiger partial charge on any atom is -0.302 e. The molecular formula is C25H25N3O. The number of aromatic nitrogens is 2. The third-order valence-electron chi connectivity index (χ3n) is 5.11. The number of pyridine rings is 2. The Balaban J connectivity index is 1.71. The molecule has 0 aliphatic carbocycles. The number of benzene rings is 2. The lowest BCUT2D eigenvalue weighted by molar-refractivity contribution is 0.317. The minimum atomic E-state index is 0.0497. The molecular weight excluding hydrogens is 358 g/mol. The van der Waals surface area contributed by atoms with Crippen LogP contribution in [0.5, 0.6) is 0 Å². The number of rotatable bonds is 6. The van der Waals surface area contributed by atoms with Crippen LogP contribution in [0.25, 0.3) is 10.9 Å². The summed E-state index contributed by atoms with van der Waals surface area (Å²) in [5.41, 5.74) is 5.06. The molecule has 4 rings (SSSR count). The molecule has 0 aliphatic heterocycles. The topological polar surface area (TPSA) is 38.1 Å². The molecule has 2 heterocycles. The van der Waals surface area contributed by atoms with Crippen molar-refractivity contribution < 1.29 is 0 Å². The van der Waals surface area contributed by atoms with E-state index in [4.69, 9.17) is 0 Å². The molecule has 4 nitrogen and oxygen atoms in total. The smallest absolute Gasteiger partial charge is 0.255 e. The SMILES string of the molecule is Cc1ccc2cc(CN(C)Cc3ccccc3)c(=O)n(Cc3ccccn3)c2c1. The van der Waals surface area contributed by atoms with E-state index in [1.807, 2.05) is 47.0 Å². The summed E-state index contributed by atoms with van der Waals surface area (Å²) in [6, 6.07) is 24.4. The third kappa shape index (κ3) is 4.44. The quantitative estimate of drug-likeness (QED) is 0.496. The van der Waals surface area contributed by atoms with Crippen molar-refractivity contribution >= 4 is 10.9 Å². The maximum Gasteiger partial charge on any atom is 0.255 e. The number of hydrogen-bond acceptors (Lipinski definition) is 3. The second-order valence-corrected chi connectivity index (χ2v) is 7.60. The number of aryl methyl sites for hydroxylation is 1. The van der Waals surface area contributed by atoms with Crippen molar-refractivity contribution in [1.82, 2.24) is 14.5 Å². The maximum atomic E-state index is 13.4. The van der Waals surface area contributed by atoms with Crippen LogP contribution in [0.4, 0.5) is 0 Å². The fourth-order valence-electron chi connectivity index (χ4n) is 3.71. The molecule has 0 fully saturated rings. The zero-order valence-electron chi connectivity index (χ0n) is 16.9. The lowest BCUT2D eigenvalue weighted by Crippen LogP contribution is -2.29. The molecule has 0 aliphatic rings. The zero-order chi connectivity index (χ0) is 20.2. The summed E-state index contributed by atoms with van der Waals surface area (Å²) in [7, 11) is 2.05. The zero-order valence-corrected chi connectivity index (χ0v) is 16.9. The van der Waals surface area contributed by atoms with Crippen LogP contribution in [0.15, 0.2) is 83.8 Å². The van der Waals surface area contributed by atoms with Gasteiger partial charge in [0.2, 0.25) is 0 Å². The van der Waals surface area contributed by atoms with Crippen LogP contribution >= 0.6 is 0 Å². The first-order valence-electron chi connectivity index (χ1n) is 9.85. The van der Waals surface area contributed by atoms with E-state index in [9.17, 15) is 4.79 Å². The van der Waals surface area contributed by atoms with Gasteiger partial charge in [0.05, 0.1) is 17.8 Å². The molecule has 0 atom stereocenters. The van der Waals surface area contributed by atoms with Gasteiger partial charge in [-0.3, -0.25) is 14.7 Å². The van der Waals surface area contributed by atoms with E-state index >= 15 is 0 Å². The molecule has 2 aromatic carbocycles. The predicted molar refractivity (Wildman–Crippen MR) is 118 cm³/mol. The van der Waals surface area contributed by atoms with E-state index in [2.05, 4.69) is 54.2 Å². The lowest BCUT2D eigenvalue weighted by atomic mass is 10.1. The fourth-order valence-corrected chi connectivity index (χ4v) is 3.71. The Bertz CT molecular complexity index is 1170. The molecule has 0 bridgehead atoms. The molecule has 4 heteroatoms. The van der Waals surface area contributed by atoms with E-state index < -0.39 is 0 Å². The Labute approximate surface area is 171 Å². The molecule has 2 aromatic heterocycles. The molecule has 0 unspecified atom stereocenters. The van der Waals surface area contributed by atoms with Gasteiger partial charge < -0.3 is 4.57 Å². The van der Waals surface area contributed by atoms with Gasteiger partial charge in [0, 0.05) is 24.8 Å². The van der Waals surface area contributed by atoms with Gasteiger partial charge in [0.15, 0.2) is 0 Å². The van der Waals surface area contributed by atoms with E-state index in [0.29, 0.717) is 13.1 Å². The molecule has 0 spiro atoms. The van der Waals surface area contributed by atoms with E-state index in [1.54, 1.807) is 6.20 Å². The van der Waals surface area contributed by atoms with E-state index in [1.165, 1.54) is 5.56 Å². The molecule has 4 aromatic rings. The Morgan fingerprint density at radius 1 is 0.931 bits per heavy atom. The van der Waals surface area contributed by atoms with Crippen LogP contribution in [0.2, 0.25) is 0 Å². The summed E-state index contributed by atoms with van der Waals surface area (Å²) < 4.78 is 1.86. The van der Waals surface area contributed by atoms with Gasteiger partial charge in [-0.15, -0.1) is 0 Å². The summed E-state index contributed by atoms with van der Waals surface area (Å²) in [4.78, 5) is 20.0. The summed E-state index contributed by atoms with van der Waals surface area (Å²) in [5, 5.41) is 1.08.